The van der Waals surface area contributed by atoms with Crippen molar-refractivity contribution in [1.29, 1.82) is 0 Å². The Bertz CT molecular complexity index is 232. The predicted molar refractivity (Wildman–Crippen MR) is 47.7 cm³/mol. The Morgan fingerprint density at radius 1 is 1.60 bits per heavy atom. The fraction of sp³-hybridized carbons (Fsp3) is 0.500. The minimum absolute atomic E-state index is 0.382. The molecule has 0 aliphatic heterocycles. The van der Waals surface area contributed by atoms with E-state index in [1.165, 1.54) is 0 Å². The van der Waals surface area contributed by atoms with Crippen LogP contribution in [0.2, 0.25) is 0 Å². The lowest BCUT2D eigenvalue weighted by Gasteiger charge is -1.96. The van der Waals surface area contributed by atoms with Crippen LogP contribution in [0.15, 0.2) is 4.52 Å². The van der Waals surface area contributed by atoms with E-state index in [2.05, 4.69) is 41.6 Å². The third-order valence-corrected chi connectivity index (χ3v) is 2.31. The molecule has 10 heavy (non-hydrogen) atoms. The average molecular weight is 252 g/mol. The first kappa shape index (κ1) is 7.84. The summed E-state index contributed by atoms with van der Waals surface area (Å²) in [5.74, 6) is 0.803. The van der Waals surface area contributed by atoms with Crippen molar-refractivity contribution in [3.63, 3.8) is 0 Å². The molecule has 56 valence electrons. The Kier molecular flexibility index (Phi) is 2.18. The van der Waals surface area contributed by atoms with Gasteiger partial charge < -0.3 is 10.3 Å². The van der Waals surface area contributed by atoms with Crippen LogP contribution in [-0.2, 0) is 0 Å². The fourth-order valence-corrected chi connectivity index (χ4v) is 1.48. The molecule has 1 rings (SSSR count). The van der Waals surface area contributed by atoms with Crippen molar-refractivity contribution in [3.8, 4) is 0 Å². The van der Waals surface area contributed by atoms with E-state index < -0.39 is 0 Å². The molecule has 1 aromatic heterocycles. The standard InChI is InChI=1S/C6H9IN2O/c1-3(2)5-4(7)6(8)10-9-5/h3H,8H2,1-2H3. The summed E-state index contributed by atoms with van der Waals surface area (Å²) in [6, 6.07) is 0. The molecule has 0 radical (unpaired) electrons. The van der Waals surface area contributed by atoms with Gasteiger partial charge in [0.2, 0.25) is 5.88 Å². The van der Waals surface area contributed by atoms with Crippen LogP contribution in [0.5, 0.6) is 0 Å². The molecule has 0 unspecified atom stereocenters. The van der Waals surface area contributed by atoms with Crippen LogP contribution in [0.1, 0.15) is 25.5 Å². The molecule has 0 atom stereocenters. The molecule has 0 aromatic carbocycles. The SMILES string of the molecule is CC(C)c1noc(N)c1I. The average Bonchev–Trinajstić information content (AvgIpc) is 2.14. The van der Waals surface area contributed by atoms with Gasteiger partial charge in [-0.1, -0.05) is 19.0 Å². The highest BCUT2D eigenvalue weighted by molar-refractivity contribution is 14.1. The van der Waals surface area contributed by atoms with Gasteiger partial charge in [-0.15, -0.1) is 0 Å². The molecular formula is C6H9IN2O. The number of nitrogens with zero attached hydrogens (tertiary/aromatic N) is 1. The largest absolute Gasteiger partial charge is 0.367 e. The minimum atomic E-state index is 0.382. The van der Waals surface area contributed by atoms with Crippen molar-refractivity contribution in [2.45, 2.75) is 19.8 Å². The van der Waals surface area contributed by atoms with Crippen LogP contribution in [0, 0.1) is 3.57 Å². The summed E-state index contributed by atoms with van der Waals surface area (Å²) < 4.78 is 5.71. The Labute approximate surface area is 73.1 Å². The number of hydrogen-bond acceptors (Lipinski definition) is 3. The lowest BCUT2D eigenvalue weighted by molar-refractivity contribution is 0.424. The van der Waals surface area contributed by atoms with Gasteiger partial charge >= 0.3 is 0 Å². The van der Waals surface area contributed by atoms with E-state index in [-0.39, 0.29) is 0 Å². The van der Waals surface area contributed by atoms with Crippen molar-refractivity contribution in [2.24, 2.45) is 0 Å². The predicted octanol–water partition coefficient (Wildman–Crippen LogP) is 1.98. The van der Waals surface area contributed by atoms with Crippen molar-refractivity contribution in [1.82, 2.24) is 5.16 Å². The van der Waals surface area contributed by atoms with Gasteiger partial charge in [-0.3, -0.25) is 0 Å². The summed E-state index contributed by atoms with van der Waals surface area (Å²) in [7, 11) is 0. The first-order valence-electron chi connectivity index (χ1n) is 3.03. The zero-order chi connectivity index (χ0) is 7.72. The molecule has 0 fully saturated rings. The second kappa shape index (κ2) is 2.77. The number of aromatic nitrogens is 1. The normalized spacial score (nSPS) is 10.8. The van der Waals surface area contributed by atoms with Crippen LogP contribution < -0.4 is 5.73 Å². The van der Waals surface area contributed by atoms with Crippen molar-refractivity contribution >= 4 is 28.5 Å². The molecule has 0 bridgehead atoms. The molecule has 0 aliphatic carbocycles. The second-order valence-corrected chi connectivity index (χ2v) is 3.48. The van der Waals surface area contributed by atoms with E-state index in [1.54, 1.807) is 0 Å². The summed E-state index contributed by atoms with van der Waals surface area (Å²) in [6.07, 6.45) is 0. The van der Waals surface area contributed by atoms with E-state index in [0.29, 0.717) is 11.8 Å². The third kappa shape index (κ3) is 1.25. The molecule has 0 amide bonds. The van der Waals surface area contributed by atoms with Gasteiger partial charge in [-0.05, 0) is 22.6 Å². The van der Waals surface area contributed by atoms with Gasteiger partial charge in [-0.2, -0.15) is 0 Å². The maximum atomic E-state index is 5.44. The van der Waals surface area contributed by atoms with Crippen LogP contribution in [0.25, 0.3) is 0 Å². The maximum absolute atomic E-state index is 5.44. The number of anilines is 1. The van der Waals surface area contributed by atoms with Crippen molar-refractivity contribution < 1.29 is 4.52 Å². The quantitative estimate of drug-likeness (QED) is 0.777. The van der Waals surface area contributed by atoms with Crippen LogP contribution >= 0.6 is 22.6 Å². The summed E-state index contributed by atoms with van der Waals surface area (Å²) in [6.45, 7) is 4.11. The molecule has 1 heterocycles. The lowest BCUT2D eigenvalue weighted by Crippen LogP contribution is -1.90. The highest BCUT2D eigenvalue weighted by Gasteiger charge is 2.12. The van der Waals surface area contributed by atoms with Crippen LogP contribution in [0.4, 0.5) is 5.88 Å². The van der Waals surface area contributed by atoms with Gasteiger partial charge in [0.25, 0.3) is 0 Å². The van der Waals surface area contributed by atoms with E-state index in [4.69, 9.17) is 10.3 Å². The second-order valence-electron chi connectivity index (χ2n) is 2.40. The number of rotatable bonds is 1. The molecule has 2 N–H and O–H groups in total. The molecule has 0 aliphatic rings. The fourth-order valence-electron chi connectivity index (χ4n) is 0.664. The Hall–Kier alpha value is -0.260. The van der Waals surface area contributed by atoms with E-state index in [9.17, 15) is 0 Å². The zero-order valence-electron chi connectivity index (χ0n) is 5.89. The van der Waals surface area contributed by atoms with Gasteiger partial charge in [-0.25, -0.2) is 0 Å². The Morgan fingerprint density at radius 3 is 2.40 bits per heavy atom. The number of halogens is 1. The summed E-state index contributed by atoms with van der Waals surface area (Å²) in [5, 5.41) is 3.81. The molecule has 3 nitrogen and oxygen atoms in total. The third-order valence-electron chi connectivity index (χ3n) is 1.23. The highest BCUT2D eigenvalue weighted by atomic mass is 127. The summed E-state index contributed by atoms with van der Waals surface area (Å²) >= 11 is 2.13. The van der Waals surface area contributed by atoms with E-state index in [1.807, 2.05) is 0 Å². The number of hydrogen-bond donors (Lipinski definition) is 1. The van der Waals surface area contributed by atoms with Gasteiger partial charge in [0.1, 0.15) is 9.26 Å². The number of nitrogen functional groups attached to an aromatic ring is 1. The molecule has 0 saturated heterocycles. The Balaban J connectivity index is 3.05. The molecule has 0 saturated carbocycles. The zero-order valence-corrected chi connectivity index (χ0v) is 8.05. The van der Waals surface area contributed by atoms with Crippen LogP contribution in [-0.4, -0.2) is 5.16 Å². The van der Waals surface area contributed by atoms with Gasteiger partial charge in [0.05, 0.1) is 0 Å². The Morgan fingerprint density at radius 2 is 2.20 bits per heavy atom. The highest BCUT2D eigenvalue weighted by Crippen LogP contribution is 2.24. The topological polar surface area (TPSA) is 52.0 Å². The first-order valence-corrected chi connectivity index (χ1v) is 4.11. The van der Waals surface area contributed by atoms with Crippen molar-refractivity contribution in [2.75, 3.05) is 5.73 Å². The molecule has 1 aromatic rings. The minimum Gasteiger partial charge on any atom is -0.367 e. The van der Waals surface area contributed by atoms with Crippen LogP contribution in [0.3, 0.4) is 0 Å². The summed E-state index contributed by atoms with van der Waals surface area (Å²) in [5.41, 5.74) is 6.38. The molecule has 4 heteroatoms. The molecule has 0 spiro atoms. The van der Waals surface area contributed by atoms with E-state index in [0.717, 1.165) is 9.26 Å². The van der Waals surface area contributed by atoms with Gasteiger partial charge in [0, 0.05) is 5.92 Å². The van der Waals surface area contributed by atoms with Gasteiger partial charge in [0.15, 0.2) is 0 Å². The summed E-state index contributed by atoms with van der Waals surface area (Å²) in [4.78, 5) is 0. The maximum Gasteiger partial charge on any atom is 0.235 e. The van der Waals surface area contributed by atoms with Crippen molar-refractivity contribution in [3.05, 3.63) is 9.26 Å². The smallest absolute Gasteiger partial charge is 0.235 e. The lowest BCUT2D eigenvalue weighted by atomic mass is 10.1. The number of nitrogens with two attached hydrogens (primary N) is 1. The monoisotopic (exact) mass is 252 g/mol. The van der Waals surface area contributed by atoms with E-state index >= 15 is 0 Å². The first-order chi connectivity index (χ1) is 4.63. The molecular weight excluding hydrogens is 243 g/mol.